The first kappa shape index (κ1) is 16.0. The quantitative estimate of drug-likeness (QED) is 0.855. The highest BCUT2D eigenvalue weighted by molar-refractivity contribution is 5.83. The second kappa shape index (κ2) is 6.40. The number of hydrogen-bond acceptors (Lipinski definition) is 6. The van der Waals surface area contributed by atoms with Crippen molar-refractivity contribution in [3.05, 3.63) is 34.1 Å². The lowest BCUT2D eigenvalue weighted by Gasteiger charge is -2.33. The van der Waals surface area contributed by atoms with Gasteiger partial charge in [0.2, 0.25) is 6.79 Å². The van der Waals surface area contributed by atoms with Crippen LogP contribution in [0.5, 0.6) is 11.5 Å². The topological polar surface area (TPSA) is 80.9 Å². The van der Waals surface area contributed by atoms with Crippen molar-refractivity contribution >= 4 is 16.9 Å². The number of likely N-dealkylation sites (tertiary alicyclic amines) is 1. The molecule has 25 heavy (non-hydrogen) atoms. The Morgan fingerprint density at radius 1 is 1.28 bits per heavy atom. The Morgan fingerprint density at radius 2 is 2.08 bits per heavy atom. The molecular weight excluding hydrogens is 324 g/mol. The number of nitrogens with zero attached hydrogens (tertiary/aromatic N) is 1. The molecule has 3 heterocycles. The summed E-state index contributed by atoms with van der Waals surface area (Å²) in [5.74, 6) is 1.08. The molecule has 1 saturated heterocycles. The van der Waals surface area contributed by atoms with Crippen molar-refractivity contribution in [2.24, 2.45) is 0 Å². The van der Waals surface area contributed by atoms with E-state index in [1.165, 1.54) is 7.11 Å². The molecule has 2 aliphatic rings. The molecule has 0 spiro atoms. The fraction of sp³-hybridized carbons (Fsp3) is 0.444. The van der Waals surface area contributed by atoms with Crippen molar-refractivity contribution in [1.29, 1.82) is 0 Å². The highest BCUT2D eigenvalue weighted by Gasteiger charge is 2.30. The average molecular weight is 344 g/mol. The second-order valence-electron chi connectivity index (χ2n) is 6.42. The molecule has 1 aromatic carbocycles. The van der Waals surface area contributed by atoms with Gasteiger partial charge in [0.1, 0.15) is 6.04 Å². The van der Waals surface area contributed by atoms with Crippen LogP contribution >= 0.6 is 0 Å². The van der Waals surface area contributed by atoms with E-state index in [-0.39, 0.29) is 24.4 Å². The molecule has 0 saturated carbocycles. The standard InChI is InChI=1S/C18H20N2O5/c1-23-18(22)14-4-2-3-5-20(14)9-12-6-11-7-15-16(25-10-24-15)8-13(11)19-17(12)21/h6-8,14H,2-5,9-10H2,1H3,(H,19,21)/t14-/m0/s1. The van der Waals surface area contributed by atoms with Crippen molar-refractivity contribution in [2.75, 3.05) is 20.4 Å². The Hall–Kier alpha value is -2.54. The fourth-order valence-electron chi connectivity index (χ4n) is 3.56. The highest BCUT2D eigenvalue weighted by Crippen LogP contribution is 2.35. The van der Waals surface area contributed by atoms with E-state index in [2.05, 4.69) is 4.98 Å². The van der Waals surface area contributed by atoms with Crippen LogP contribution < -0.4 is 15.0 Å². The van der Waals surface area contributed by atoms with E-state index in [9.17, 15) is 9.59 Å². The van der Waals surface area contributed by atoms with E-state index < -0.39 is 0 Å². The number of ether oxygens (including phenoxy) is 3. The zero-order valence-corrected chi connectivity index (χ0v) is 14.0. The minimum atomic E-state index is -0.286. The summed E-state index contributed by atoms with van der Waals surface area (Å²) in [4.78, 5) is 29.4. The predicted molar refractivity (Wildman–Crippen MR) is 90.8 cm³/mol. The second-order valence-corrected chi connectivity index (χ2v) is 6.42. The van der Waals surface area contributed by atoms with Crippen LogP contribution in [0, 0.1) is 0 Å². The molecule has 0 amide bonds. The molecule has 4 rings (SSSR count). The van der Waals surface area contributed by atoms with Crippen LogP contribution in [0.2, 0.25) is 0 Å². The number of piperidine rings is 1. The molecule has 0 radical (unpaired) electrons. The molecule has 1 fully saturated rings. The van der Waals surface area contributed by atoms with Crippen molar-refractivity contribution in [3.8, 4) is 11.5 Å². The Bertz CT molecular complexity index is 876. The van der Waals surface area contributed by atoms with Gasteiger partial charge in [-0.05, 0) is 31.5 Å². The maximum Gasteiger partial charge on any atom is 0.323 e. The molecule has 7 nitrogen and oxygen atoms in total. The molecule has 0 bridgehead atoms. The number of aromatic amines is 1. The fourth-order valence-corrected chi connectivity index (χ4v) is 3.56. The lowest BCUT2D eigenvalue weighted by molar-refractivity contribution is -0.148. The van der Waals surface area contributed by atoms with Gasteiger partial charge in [0.25, 0.3) is 5.56 Å². The third-order valence-corrected chi connectivity index (χ3v) is 4.87. The maximum atomic E-state index is 12.5. The minimum Gasteiger partial charge on any atom is -0.468 e. The number of hydrogen-bond donors (Lipinski definition) is 1. The molecule has 132 valence electrons. The van der Waals surface area contributed by atoms with Gasteiger partial charge in [-0.25, -0.2) is 0 Å². The van der Waals surface area contributed by atoms with Gasteiger partial charge in [-0.2, -0.15) is 0 Å². The number of carbonyl (C=O) groups excluding carboxylic acids is 1. The Kier molecular flexibility index (Phi) is 4.09. The van der Waals surface area contributed by atoms with E-state index in [0.717, 1.165) is 31.2 Å². The van der Waals surface area contributed by atoms with Crippen molar-refractivity contribution < 1.29 is 19.0 Å². The number of carbonyl (C=O) groups is 1. The minimum absolute atomic E-state index is 0.152. The number of aromatic nitrogens is 1. The summed E-state index contributed by atoms with van der Waals surface area (Å²) in [6, 6.07) is 5.22. The van der Waals surface area contributed by atoms with Crippen LogP contribution in [0.4, 0.5) is 0 Å². The number of pyridine rings is 1. The summed E-state index contributed by atoms with van der Waals surface area (Å²) in [5, 5.41) is 0.880. The molecule has 0 unspecified atom stereocenters. The molecule has 2 aliphatic heterocycles. The number of rotatable bonds is 3. The Morgan fingerprint density at radius 3 is 2.88 bits per heavy atom. The van der Waals surface area contributed by atoms with Gasteiger partial charge in [0, 0.05) is 23.6 Å². The first-order valence-electron chi connectivity index (χ1n) is 8.43. The van der Waals surface area contributed by atoms with E-state index >= 15 is 0 Å². The summed E-state index contributed by atoms with van der Waals surface area (Å²) < 4.78 is 15.7. The molecule has 0 aliphatic carbocycles. The Balaban J connectivity index is 1.66. The molecule has 7 heteroatoms. The number of esters is 1. The number of methoxy groups -OCH3 is 1. The first-order valence-corrected chi connectivity index (χ1v) is 8.43. The molecule has 1 aromatic heterocycles. The van der Waals surface area contributed by atoms with Crippen LogP contribution in [0.15, 0.2) is 23.0 Å². The van der Waals surface area contributed by atoms with Crippen molar-refractivity contribution in [2.45, 2.75) is 31.8 Å². The van der Waals surface area contributed by atoms with E-state index in [1.807, 2.05) is 17.0 Å². The number of benzene rings is 1. The van der Waals surface area contributed by atoms with Gasteiger partial charge >= 0.3 is 5.97 Å². The smallest absolute Gasteiger partial charge is 0.323 e. The SMILES string of the molecule is COC(=O)[C@@H]1CCCCN1Cc1cc2cc3c(cc2[nH]c1=O)OCO3. The maximum absolute atomic E-state index is 12.5. The number of H-pyrrole nitrogens is 1. The van der Waals surface area contributed by atoms with E-state index in [0.29, 0.717) is 29.1 Å². The molecule has 1 N–H and O–H groups in total. The third kappa shape index (κ3) is 2.95. The first-order chi connectivity index (χ1) is 12.2. The summed E-state index contributed by atoms with van der Waals surface area (Å²) in [6.07, 6.45) is 2.77. The highest BCUT2D eigenvalue weighted by atomic mass is 16.7. The van der Waals surface area contributed by atoms with Crippen LogP contribution in [0.3, 0.4) is 0 Å². The van der Waals surface area contributed by atoms with Gasteiger partial charge < -0.3 is 19.2 Å². The van der Waals surface area contributed by atoms with Crippen LogP contribution in [-0.4, -0.2) is 42.3 Å². The van der Waals surface area contributed by atoms with Crippen LogP contribution in [0.25, 0.3) is 10.9 Å². The molecule has 2 aromatic rings. The zero-order valence-electron chi connectivity index (χ0n) is 14.0. The van der Waals surface area contributed by atoms with Gasteiger partial charge in [0.15, 0.2) is 11.5 Å². The van der Waals surface area contributed by atoms with Crippen LogP contribution in [-0.2, 0) is 16.1 Å². The number of nitrogens with one attached hydrogen (secondary N) is 1. The molecule has 1 atom stereocenters. The largest absolute Gasteiger partial charge is 0.468 e. The van der Waals surface area contributed by atoms with E-state index in [1.54, 1.807) is 6.07 Å². The van der Waals surface area contributed by atoms with Crippen LogP contribution in [0.1, 0.15) is 24.8 Å². The lowest BCUT2D eigenvalue weighted by Crippen LogP contribution is -2.45. The summed E-state index contributed by atoms with van der Waals surface area (Å²) in [7, 11) is 1.40. The van der Waals surface area contributed by atoms with E-state index in [4.69, 9.17) is 14.2 Å². The summed E-state index contributed by atoms with van der Waals surface area (Å²) >= 11 is 0. The predicted octanol–water partition coefficient (Wildman–Crippen LogP) is 1.78. The zero-order chi connectivity index (χ0) is 17.4. The summed E-state index contributed by atoms with van der Waals surface area (Å²) in [5.41, 5.74) is 1.18. The van der Waals surface area contributed by atoms with Crippen molar-refractivity contribution in [3.63, 3.8) is 0 Å². The lowest BCUT2D eigenvalue weighted by atomic mass is 10.0. The molecular formula is C18H20N2O5. The average Bonchev–Trinajstić information content (AvgIpc) is 3.07. The third-order valence-electron chi connectivity index (χ3n) is 4.87. The summed E-state index contributed by atoms with van der Waals surface area (Å²) in [6.45, 7) is 1.38. The monoisotopic (exact) mass is 344 g/mol. The normalized spacial score (nSPS) is 20.0. The van der Waals surface area contributed by atoms with Gasteiger partial charge in [-0.1, -0.05) is 6.42 Å². The van der Waals surface area contributed by atoms with Crippen molar-refractivity contribution in [1.82, 2.24) is 9.88 Å². The Labute approximate surface area is 144 Å². The van der Waals surface area contributed by atoms with Gasteiger partial charge in [-0.15, -0.1) is 0 Å². The van der Waals surface area contributed by atoms with Gasteiger partial charge in [-0.3, -0.25) is 14.5 Å². The van der Waals surface area contributed by atoms with Gasteiger partial charge in [0.05, 0.1) is 12.6 Å². The number of fused-ring (bicyclic) bond motifs is 2.